The van der Waals surface area contributed by atoms with Gasteiger partial charge in [-0.15, -0.1) is 0 Å². The Bertz CT molecular complexity index is 760. The van der Waals surface area contributed by atoms with Crippen LogP contribution in [0.4, 0.5) is 13.2 Å². The van der Waals surface area contributed by atoms with Gasteiger partial charge in [0.2, 0.25) is 0 Å². The predicted molar refractivity (Wildman–Crippen MR) is 68.2 cm³/mol. The Morgan fingerprint density at radius 1 is 1.05 bits per heavy atom. The van der Waals surface area contributed by atoms with Gasteiger partial charge in [0.25, 0.3) is 0 Å². The highest BCUT2D eigenvalue weighted by atomic mass is 19.4. The molecule has 0 fully saturated rings. The number of alkyl halides is 3. The van der Waals surface area contributed by atoms with Crippen molar-refractivity contribution in [3.05, 3.63) is 53.9 Å². The highest BCUT2D eigenvalue weighted by molar-refractivity contribution is 5.62. The van der Waals surface area contributed by atoms with Crippen LogP contribution in [0.2, 0.25) is 0 Å². The van der Waals surface area contributed by atoms with Gasteiger partial charge >= 0.3 is 6.18 Å². The van der Waals surface area contributed by atoms with Gasteiger partial charge in [0.15, 0.2) is 11.3 Å². The minimum Gasteiger partial charge on any atom is -0.229 e. The van der Waals surface area contributed by atoms with Gasteiger partial charge in [-0.05, 0) is 13.0 Å². The lowest BCUT2D eigenvalue weighted by Gasteiger charge is -2.10. The van der Waals surface area contributed by atoms with E-state index in [2.05, 4.69) is 10.1 Å². The van der Waals surface area contributed by atoms with Crippen LogP contribution in [0.5, 0.6) is 0 Å². The molecular weight excluding hydrogens is 267 g/mol. The third-order valence-electron chi connectivity index (χ3n) is 2.91. The van der Waals surface area contributed by atoms with Crippen molar-refractivity contribution in [1.29, 1.82) is 0 Å². The van der Waals surface area contributed by atoms with Gasteiger partial charge in [-0.2, -0.15) is 18.3 Å². The van der Waals surface area contributed by atoms with E-state index in [0.717, 1.165) is 10.6 Å². The SMILES string of the molecule is Cc1cc2nc(-c3ccccc3)cc(C(F)(F)F)n2n1. The Morgan fingerprint density at radius 2 is 1.75 bits per heavy atom. The standard InChI is InChI=1S/C14H10F3N3/c1-9-7-13-18-11(10-5-3-2-4-6-10)8-12(14(15,16)17)20(13)19-9/h2-8H,1H3. The van der Waals surface area contributed by atoms with Crippen LogP contribution in [0.25, 0.3) is 16.9 Å². The zero-order valence-electron chi connectivity index (χ0n) is 10.5. The van der Waals surface area contributed by atoms with Gasteiger partial charge in [0.1, 0.15) is 0 Å². The molecule has 0 saturated heterocycles. The molecule has 1 aromatic carbocycles. The second-order valence-electron chi connectivity index (χ2n) is 4.45. The number of fused-ring (bicyclic) bond motifs is 1. The van der Waals surface area contributed by atoms with Crippen LogP contribution in [-0.2, 0) is 6.18 Å². The van der Waals surface area contributed by atoms with Crippen molar-refractivity contribution in [2.24, 2.45) is 0 Å². The number of hydrogen-bond acceptors (Lipinski definition) is 2. The molecule has 0 bridgehead atoms. The Morgan fingerprint density at radius 3 is 2.40 bits per heavy atom. The number of halogens is 3. The third-order valence-corrected chi connectivity index (χ3v) is 2.91. The summed E-state index contributed by atoms with van der Waals surface area (Å²) in [5, 5.41) is 3.85. The molecule has 20 heavy (non-hydrogen) atoms. The van der Waals surface area contributed by atoms with Crippen molar-refractivity contribution >= 4 is 5.65 Å². The molecule has 0 aliphatic rings. The number of benzene rings is 1. The fourth-order valence-electron chi connectivity index (χ4n) is 2.05. The smallest absolute Gasteiger partial charge is 0.229 e. The number of rotatable bonds is 1. The summed E-state index contributed by atoms with van der Waals surface area (Å²) in [4.78, 5) is 4.24. The molecule has 2 aromatic heterocycles. The van der Waals surface area contributed by atoms with Crippen molar-refractivity contribution in [1.82, 2.24) is 14.6 Å². The second-order valence-corrected chi connectivity index (χ2v) is 4.45. The first-order valence-corrected chi connectivity index (χ1v) is 5.95. The zero-order valence-corrected chi connectivity index (χ0v) is 10.5. The molecular formula is C14H10F3N3. The first-order valence-electron chi connectivity index (χ1n) is 5.95. The molecule has 3 aromatic rings. The van der Waals surface area contributed by atoms with Gasteiger partial charge in [-0.25, -0.2) is 9.50 Å². The lowest BCUT2D eigenvalue weighted by Crippen LogP contribution is -2.13. The van der Waals surface area contributed by atoms with E-state index in [1.165, 1.54) is 6.07 Å². The maximum Gasteiger partial charge on any atom is 0.433 e. The summed E-state index contributed by atoms with van der Waals surface area (Å²) in [6.45, 7) is 1.64. The number of hydrogen-bond donors (Lipinski definition) is 0. The third kappa shape index (κ3) is 2.13. The lowest BCUT2D eigenvalue weighted by molar-refractivity contribution is -0.142. The molecule has 0 atom stereocenters. The Kier molecular flexibility index (Phi) is 2.74. The van der Waals surface area contributed by atoms with Gasteiger partial charge < -0.3 is 0 Å². The molecule has 0 saturated carbocycles. The van der Waals surface area contributed by atoms with E-state index >= 15 is 0 Å². The molecule has 6 heteroatoms. The van der Waals surface area contributed by atoms with Gasteiger partial charge in [-0.1, -0.05) is 30.3 Å². The molecule has 0 aliphatic heterocycles. The Labute approximate surface area is 112 Å². The van der Waals surface area contributed by atoms with Crippen LogP contribution >= 0.6 is 0 Å². The van der Waals surface area contributed by atoms with Gasteiger partial charge in [0, 0.05) is 11.6 Å². The Hall–Kier alpha value is -2.37. The summed E-state index contributed by atoms with van der Waals surface area (Å²) in [6, 6.07) is 11.3. The molecule has 0 unspecified atom stereocenters. The van der Waals surface area contributed by atoms with E-state index in [9.17, 15) is 13.2 Å². The van der Waals surface area contributed by atoms with E-state index in [1.54, 1.807) is 37.3 Å². The Balaban J connectivity index is 2.31. The van der Waals surface area contributed by atoms with E-state index in [4.69, 9.17) is 0 Å². The molecule has 3 rings (SSSR count). The number of aryl methyl sites for hydroxylation is 1. The molecule has 2 heterocycles. The molecule has 0 amide bonds. The molecule has 3 nitrogen and oxygen atoms in total. The molecule has 0 spiro atoms. The molecule has 0 N–H and O–H groups in total. The fourth-order valence-corrected chi connectivity index (χ4v) is 2.05. The summed E-state index contributed by atoms with van der Waals surface area (Å²) in [5.74, 6) is 0. The molecule has 0 aliphatic carbocycles. The van der Waals surface area contributed by atoms with Crippen molar-refractivity contribution < 1.29 is 13.2 Å². The highest BCUT2D eigenvalue weighted by Gasteiger charge is 2.35. The van der Waals surface area contributed by atoms with E-state index in [1.807, 2.05) is 0 Å². The summed E-state index contributed by atoms with van der Waals surface area (Å²) in [6.07, 6.45) is -4.48. The maximum absolute atomic E-state index is 13.1. The first kappa shape index (κ1) is 12.7. The average molecular weight is 277 g/mol. The first-order chi connectivity index (χ1) is 9.45. The topological polar surface area (TPSA) is 30.2 Å². The summed E-state index contributed by atoms with van der Waals surface area (Å²) in [5.41, 5.74) is 0.781. The van der Waals surface area contributed by atoms with E-state index in [0.29, 0.717) is 11.3 Å². The maximum atomic E-state index is 13.1. The lowest BCUT2D eigenvalue weighted by atomic mass is 10.1. The quantitative estimate of drug-likeness (QED) is 0.678. The number of aromatic nitrogens is 3. The van der Waals surface area contributed by atoms with Crippen molar-refractivity contribution in [2.75, 3.05) is 0 Å². The van der Waals surface area contributed by atoms with Crippen molar-refractivity contribution in [3.63, 3.8) is 0 Å². The largest absolute Gasteiger partial charge is 0.433 e. The van der Waals surface area contributed by atoms with Gasteiger partial charge in [0.05, 0.1) is 11.4 Å². The second kappa shape index (κ2) is 4.33. The average Bonchev–Trinajstić information content (AvgIpc) is 2.77. The minimum atomic E-state index is -4.48. The van der Waals surface area contributed by atoms with E-state index in [-0.39, 0.29) is 11.3 Å². The number of nitrogens with zero attached hydrogens (tertiary/aromatic N) is 3. The van der Waals surface area contributed by atoms with Crippen molar-refractivity contribution in [2.45, 2.75) is 13.1 Å². The van der Waals surface area contributed by atoms with Crippen LogP contribution in [-0.4, -0.2) is 14.6 Å². The highest BCUT2D eigenvalue weighted by Crippen LogP contribution is 2.32. The monoisotopic (exact) mass is 277 g/mol. The summed E-state index contributed by atoms with van der Waals surface area (Å²) < 4.78 is 40.2. The fraction of sp³-hybridized carbons (Fsp3) is 0.143. The van der Waals surface area contributed by atoms with Crippen LogP contribution in [0.15, 0.2) is 42.5 Å². The molecule has 102 valence electrons. The van der Waals surface area contributed by atoms with Crippen LogP contribution in [0.1, 0.15) is 11.4 Å². The minimum absolute atomic E-state index is 0.191. The zero-order chi connectivity index (χ0) is 14.3. The van der Waals surface area contributed by atoms with Crippen LogP contribution < -0.4 is 0 Å². The van der Waals surface area contributed by atoms with Gasteiger partial charge in [-0.3, -0.25) is 0 Å². The van der Waals surface area contributed by atoms with E-state index < -0.39 is 11.9 Å². The normalized spacial score (nSPS) is 12.0. The van der Waals surface area contributed by atoms with Crippen LogP contribution in [0, 0.1) is 6.92 Å². The molecule has 0 radical (unpaired) electrons. The predicted octanol–water partition coefficient (Wildman–Crippen LogP) is 3.72. The summed E-state index contributed by atoms with van der Waals surface area (Å²) >= 11 is 0. The van der Waals surface area contributed by atoms with Crippen molar-refractivity contribution in [3.8, 4) is 11.3 Å². The summed E-state index contributed by atoms with van der Waals surface area (Å²) in [7, 11) is 0. The van der Waals surface area contributed by atoms with Crippen LogP contribution in [0.3, 0.4) is 0 Å².